The van der Waals surface area contributed by atoms with Crippen LogP contribution in [0.2, 0.25) is 0 Å². The van der Waals surface area contributed by atoms with Gasteiger partial charge in [-0.3, -0.25) is 24.8 Å². The second kappa shape index (κ2) is 8.62. The normalized spacial score (nSPS) is 23.7. The highest BCUT2D eigenvalue weighted by Gasteiger charge is 2.34. The molecule has 1 aromatic carbocycles. The summed E-state index contributed by atoms with van der Waals surface area (Å²) in [6.45, 7) is 2.90. The van der Waals surface area contributed by atoms with Crippen LogP contribution in [0.5, 0.6) is 0 Å². The lowest BCUT2D eigenvalue weighted by Gasteiger charge is -2.36. The number of amidine groups is 1. The number of nitrogens with one attached hydrogen (secondary N) is 3. The molecule has 3 amide bonds. The van der Waals surface area contributed by atoms with E-state index in [4.69, 9.17) is 5.41 Å². The van der Waals surface area contributed by atoms with Crippen molar-refractivity contribution in [2.75, 3.05) is 13.1 Å². The fourth-order valence-corrected chi connectivity index (χ4v) is 4.87. The van der Waals surface area contributed by atoms with Crippen molar-refractivity contribution < 1.29 is 18.8 Å². The van der Waals surface area contributed by atoms with Crippen LogP contribution in [0.25, 0.3) is 10.8 Å². The van der Waals surface area contributed by atoms with Crippen molar-refractivity contribution in [3.8, 4) is 0 Å². The highest BCUT2D eigenvalue weighted by atomic mass is 32.2. The molecule has 10 heteroatoms. The summed E-state index contributed by atoms with van der Waals surface area (Å²) >= 11 is 1.03. The monoisotopic (exact) mass is 443 g/mol. The van der Waals surface area contributed by atoms with Crippen LogP contribution < -0.4 is 10.6 Å². The number of thioether (sulfide) groups is 1. The highest BCUT2D eigenvalue weighted by Crippen LogP contribution is 2.23. The molecule has 2 saturated heterocycles. The van der Waals surface area contributed by atoms with Crippen molar-refractivity contribution in [1.82, 2.24) is 20.5 Å². The average molecular weight is 444 g/mol. The third-order valence-corrected chi connectivity index (χ3v) is 6.38. The second-order valence-electron chi connectivity index (χ2n) is 8.01. The van der Waals surface area contributed by atoms with E-state index in [9.17, 15) is 18.8 Å². The zero-order valence-electron chi connectivity index (χ0n) is 16.9. The summed E-state index contributed by atoms with van der Waals surface area (Å²) in [5.74, 6) is -1.03. The molecule has 3 atom stereocenters. The maximum Gasteiger partial charge on any atom is 0.272 e. The van der Waals surface area contributed by atoms with E-state index in [-0.39, 0.29) is 52.8 Å². The van der Waals surface area contributed by atoms with Crippen LogP contribution in [0.1, 0.15) is 30.3 Å². The number of carbonyl (C=O) groups is 3. The summed E-state index contributed by atoms with van der Waals surface area (Å²) in [4.78, 5) is 43.1. The molecule has 1 aromatic heterocycles. The van der Waals surface area contributed by atoms with E-state index in [1.165, 1.54) is 18.3 Å². The Morgan fingerprint density at radius 3 is 2.87 bits per heavy atom. The number of halogens is 1. The summed E-state index contributed by atoms with van der Waals surface area (Å²) < 4.78 is 13.4. The van der Waals surface area contributed by atoms with Crippen molar-refractivity contribution >= 4 is 45.4 Å². The summed E-state index contributed by atoms with van der Waals surface area (Å²) in [5, 5.41) is 13.6. The van der Waals surface area contributed by atoms with Crippen LogP contribution in [0.3, 0.4) is 0 Å². The molecule has 3 N–H and O–H groups in total. The molecule has 0 spiro atoms. The SMILES string of the molecule is CC1CC(NC(=O)CC2SC(=N)NC2=O)CN(C(=O)c2cc3ccc(F)cc3cn2)C1. The Bertz CT molecular complexity index is 1080. The van der Waals surface area contributed by atoms with Gasteiger partial charge in [0.1, 0.15) is 16.8 Å². The number of hydrogen-bond donors (Lipinski definition) is 3. The van der Waals surface area contributed by atoms with Gasteiger partial charge in [0.15, 0.2) is 5.17 Å². The lowest BCUT2D eigenvalue weighted by molar-refractivity contribution is -0.125. The molecule has 0 bridgehead atoms. The largest absolute Gasteiger partial charge is 0.352 e. The fraction of sp³-hybridized carbons (Fsp3) is 0.381. The molecular formula is C21H22FN5O3S. The van der Waals surface area contributed by atoms with E-state index in [1.54, 1.807) is 17.0 Å². The van der Waals surface area contributed by atoms with E-state index in [2.05, 4.69) is 15.6 Å². The smallest absolute Gasteiger partial charge is 0.272 e. The van der Waals surface area contributed by atoms with Gasteiger partial charge in [0.05, 0.1) is 0 Å². The zero-order chi connectivity index (χ0) is 22.1. The number of hydrogen-bond acceptors (Lipinski definition) is 6. The Morgan fingerprint density at radius 1 is 1.32 bits per heavy atom. The van der Waals surface area contributed by atoms with Crippen LogP contribution in [-0.2, 0) is 9.59 Å². The van der Waals surface area contributed by atoms with E-state index < -0.39 is 5.25 Å². The first kappa shape index (κ1) is 21.2. The van der Waals surface area contributed by atoms with Crippen molar-refractivity contribution in [3.63, 3.8) is 0 Å². The van der Waals surface area contributed by atoms with Crippen molar-refractivity contribution in [2.24, 2.45) is 5.92 Å². The van der Waals surface area contributed by atoms with Gasteiger partial charge in [0.25, 0.3) is 5.91 Å². The first-order valence-corrected chi connectivity index (χ1v) is 10.9. The van der Waals surface area contributed by atoms with Gasteiger partial charge in [0.2, 0.25) is 11.8 Å². The van der Waals surface area contributed by atoms with Crippen LogP contribution in [0, 0.1) is 17.1 Å². The van der Waals surface area contributed by atoms with Gasteiger partial charge in [-0.15, -0.1) is 0 Å². The summed E-state index contributed by atoms with van der Waals surface area (Å²) in [5.41, 5.74) is 0.274. The van der Waals surface area contributed by atoms with Gasteiger partial charge in [-0.2, -0.15) is 0 Å². The van der Waals surface area contributed by atoms with Crippen LogP contribution in [0.4, 0.5) is 4.39 Å². The molecule has 31 heavy (non-hydrogen) atoms. The second-order valence-corrected chi connectivity index (χ2v) is 9.22. The third-order valence-electron chi connectivity index (χ3n) is 5.38. The Morgan fingerprint density at radius 2 is 2.13 bits per heavy atom. The first-order chi connectivity index (χ1) is 14.8. The molecule has 162 valence electrons. The number of pyridine rings is 1. The van der Waals surface area contributed by atoms with Gasteiger partial charge < -0.3 is 15.5 Å². The predicted octanol–water partition coefficient (Wildman–Crippen LogP) is 1.90. The van der Waals surface area contributed by atoms with E-state index in [1.807, 2.05) is 6.92 Å². The molecule has 3 unspecified atom stereocenters. The number of nitrogens with zero attached hydrogens (tertiary/aromatic N) is 2. The van der Waals surface area contributed by atoms with Crippen LogP contribution in [0.15, 0.2) is 30.5 Å². The van der Waals surface area contributed by atoms with E-state index in [0.717, 1.165) is 23.6 Å². The number of piperidine rings is 1. The molecular weight excluding hydrogens is 421 g/mol. The molecule has 0 saturated carbocycles. The third kappa shape index (κ3) is 4.84. The summed E-state index contributed by atoms with van der Waals surface area (Å²) in [6, 6.07) is 5.74. The van der Waals surface area contributed by atoms with E-state index in [0.29, 0.717) is 18.5 Å². The van der Waals surface area contributed by atoms with Gasteiger partial charge in [-0.05, 0) is 35.9 Å². The first-order valence-electron chi connectivity index (χ1n) is 9.98. The minimum atomic E-state index is -0.599. The number of rotatable bonds is 4. The lowest BCUT2D eigenvalue weighted by atomic mass is 9.95. The average Bonchev–Trinajstić information content (AvgIpc) is 3.03. The molecule has 2 aromatic rings. The van der Waals surface area contributed by atoms with Gasteiger partial charge in [-0.1, -0.05) is 24.8 Å². The quantitative estimate of drug-likeness (QED) is 0.668. The number of fused-ring (bicyclic) bond motifs is 1. The van der Waals surface area contributed by atoms with Crippen molar-refractivity contribution in [3.05, 3.63) is 42.0 Å². The molecule has 8 nitrogen and oxygen atoms in total. The number of likely N-dealkylation sites (tertiary alicyclic amines) is 1. The molecule has 3 heterocycles. The zero-order valence-corrected chi connectivity index (χ0v) is 17.7. The standard InChI is InChI=1S/C21H22FN5O3S/c1-11-4-15(25-18(28)7-17-19(29)26-21(23)31-17)10-27(9-11)20(30)16-6-12-2-3-14(22)5-13(12)8-24-16/h2-3,5-6,8,11,15,17H,4,7,9-10H2,1H3,(H,25,28)(H2,23,26,29). The minimum absolute atomic E-state index is 0.0134. The molecule has 0 aliphatic carbocycles. The topological polar surface area (TPSA) is 115 Å². The number of amides is 3. The van der Waals surface area contributed by atoms with Gasteiger partial charge >= 0.3 is 0 Å². The predicted molar refractivity (Wildman–Crippen MR) is 115 cm³/mol. The van der Waals surface area contributed by atoms with Crippen LogP contribution in [-0.4, -0.2) is 57.2 Å². The number of aromatic nitrogens is 1. The maximum atomic E-state index is 13.4. The van der Waals surface area contributed by atoms with Gasteiger partial charge in [0, 0.05) is 37.1 Å². The number of benzene rings is 1. The Hall–Kier alpha value is -3.01. The Balaban J connectivity index is 1.41. The van der Waals surface area contributed by atoms with Crippen LogP contribution >= 0.6 is 11.8 Å². The molecule has 2 fully saturated rings. The molecule has 4 rings (SSSR count). The Labute approximate surface area is 182 Å². The molecule has 0 radical (unpaired) electrons. The lowest BCUT2D eigenvalue weighted by Crippen LogP contribution is -2.52. The Kier molecular flexibility index (Phi) is 5.90. The van der Waals surface area contributed by atoms with Gasteiger partial charge in [-0.25, -0.2) is 4.39 Å². The van der Waals surface area contributed by atoms with Crippen molar-refractivity contribution in [2.45, 2.75) is 31.1 Å². The number of carbonyl (C=O) groups excluding carboxylic acids is 3. The van der Waals surface area contributed by atoms with E-state index >= 15 is 0 Å². The van der Waals surface area contributed by atoms with Crippen molar-refractivity contribution in [1.29, 1.82) is 5.41 Å². The highest BCUT2D eigenvalue weighted by molar-refractivity contribution is 8.15. The summed E-state index contributed by atoms with van der Waals surface area (Å²) in [6.07, 6.45) is 2.19. The maximum absolute atomic E-state index is 13.4. The summed E-state index contributed by atoms with van der Waals surface area (Å²) in [7, 11) is 0. The minimum Gasteiger partial charge on any atom is -0.352 e. The molecule has 2 aliphatic heterocycles. The molecule has 2 aliphatic rings. The fourth-order valence-electron chi connectivity index (χ4n) is 4.02.